The molecule has 0 spiro atoms. The lowest BCUT2D eigenvalue weighted by Crippen LogP contribution is -2.26. The second-order valence-electron chi connectivity index (χ2n) is 6.34. The minimum Gasteiger partial charge on any atom is -0.493 e. The highest BCUT2D eigenvalue weighted by atomic mass is 32.2. The molecule has 0 amide bonds. The Morgan fingerprint density at radius 1 is 1.25 bits per heavy atom. The third-order valence-electron chi connectivity index (χ3n) is 4.09. The fourth-order valence-electron chi connectivity index (χ4n) is 2.44. The minimum absolute atomic E-state index is 0.0847. The molecule has 0 aromatic heterocycles. The highest BCUT2D eigenvalue weighted by Gasteiger charge is 2.29. The van der Waals surface area contributed by atoms with Crippen LogP contribution in [0, 0.1) is 17.1 Å². The molecule has 6 nitrogen and oxygen atoms in total. The van der Waals surface area contributed by atoms with Gasteiger partial charge in [0, 0.05) is 6.04 Å². The highest BCUT2D eigenvalue weighted by Crippen LogP contribution is 2.30. The van der Waals surface area contributed by atoms with Crippen LogP contribution in [0.4, 0.5) is 4.39 Å². The topological polar surface area (TPSA) is 88.4 Å². The zero-order valence-corrected chi connectivity index (χ0v) is 16.0. The van der Waals surface area contributed by atoms with Gasteiger partial charge in [0.15, 0.2) is 16.4 Å². The quantitative estimate of drug-likeness (QED) is 0.684. The van der Waals surface area contributed by atoms with Gasteiger partial charge in [0.05, 0.1) is 7.11 Å². The van der Waals surface area contributed by atoms with Crippen LogP contribution in [0.3, 0.4) is 0 Å². The van der Waals surface area contributed by atoms with Crippen LogP contribution in [-0.4, -0.2) is 21.6 Å². The molecule has 1 fully saturated rings. The Balaban J connectivity index is 1.78. The van der Waals surface area contributed by atoms with E-state index >= 15 is 0 Å². The summed E-state index contributed by atoms with van der Waals surface area (Å²) < 4.78 is 50.9. The molecule has 8 heteroatoms. The van der Waals surface area contributed by atoms with E-state index in [0.29, 0.717) is 17.1 Å². The summed E-state index contributed by atoms with van der Waals surface area (Å²) in [7, 11) is -2.38. The Labute approximate surface area is 163 Å². The third kappa shape index (κ3) is 5.09. The molecule has 0 atom stereocenters. The lowest BCUT2D eigenvalue weighted by atomic mass is 10.2. The van der Waals surface area contributed by atoms with Crippen molar-refractivity contribution in [2.45, 2.75) is 25.5 Å². The Kier molecular flexibility index (Phi) is 5.97. The maximum absolute atomic E-state index is 13.0. The molecular formula is C20H19FN2O4S. The first kappa shape index (κ1) is 19.9. The summed E-state index contributed by atoms with van der Waals surface area (Å²) in [5.74, 6) is 0.513. The number of hydrogen-bond acceptors (Lipinski definition) is 5. The van der Waals surface area contributed by atoms with Crippen LogP contribution in [0.5, 0.6) is 11.5 Å². The van der Waals surface area contributed by atoms with Gasteiger partial charge in [-0.2, -0.15) is 5.26 Å². The van der Waals surface area contributed by atoms with E-state index in [9.17, 15) is 18.1 Å². The standard InChI is InChI=1S/C20H19FN2O4S/c1-26-20-11-15(10-18(12-22)28(24,25)23-17-7-8-17)4-9-19(20)27-13-14-2-5-16(21)6-3-14/h2-6,9-11,17,23H,7-8,13H2,1H3. The second kappa shape index (κ2) is 8.42. The predicted octanol–water partition coefficient (Wildman–Crippen LogP) is 3.36. The number of methoxy groups -OCH3 is 1. The summed E-state index contributed by atoms with van der Waals surface area (Å²) in [6, 6.07) is 12.4. The third-order valence-corrected chi connectivity index (χ3v) is 5.52. The lowest BCUT2D eigenvalue weighted by Gasteiger charge is -2.12. The number of halogens is 1. The monoisotopic (exact) mass is 402 g/mol. The number of allylic oxidation sites excluding steroid dienone is 1. The van der Waals surface area contributed by atoms with Gasteiger partial charge in [0.2, 0.25) is 0 Å². The molecule has 0 saturated heterocycles. The summed E-state index contributed by atoms with van der Waals surface area (Å²) in [5, 5.41) is 9.25. The van der Waals surface area contributed by atoms with Crippen LogP contribution in [0.25, 0.3) is 6.08 Å². The molecule has 28 heavy (non-hydrogen) atoms. The van der Waals surface area contributed by atoms with Crippen LogP contribution in [0.1, 0.15) is 24.0 Å². The summed E-state index contributed by atoms with van der Waals surface area (Å²) in [5.41, 5.74) is 1.28. The molecule has 0 unspecified atom stereocenters. The minimum atomic E-state index is -3.84. The van der Waals surface area contributed by atoms with E-state index in [0.717, 1.165) is 18.4 Å². The fourth-order valence-corrected chi connectivity index (χ4v) is 3.65. The average Bonchev–Trinajstić information content (AvgIpc) is 3.49. The van der Waals surface area contributed by atoms with Crippen molar-refractivity contribution >= 4 is 16.1 Å². The summed E-state index contributed by atoms with van der Waals surface area (Å²) in [4.78, 5) is -0.360. The molecular weight excluding hydrogens is 383 g/mol. The maximum atomic E-state index is 13.0. The van der Waals surface area contributed by atoms with Crippen LogP contribution in [-0.2, 0) is 16.6 Å². The van der Waals surface area contributed by atoms with E-state index in [2.05, 4.69) is 4.72 Å². The molecule has 0 aliphatic heterocycles. The van der Waals surface area contributed by atoms with Gasteiger partial charge in [-0.3, -0.25) is 0 Å². The smallest absolute Gasteiger partial charge is 0.250 e. The molecule has 2 aromatic rings. The van der Waals surface area contributed by atoms with Gasteiger partial charge in [-0.1, -0.05) is 18.2 Å². The van der Waals surface area contributed by atoms with Crippen LogP contribution in [0.2, 0.25) is 0 Å². The number of hydrogen-bond donors (Lipinski definition) is 1. The predicted molar refractivity (Wildman–Crippen MR) is 102 cm³/mol. The average molecular weight is 402 g/mol. The number of rotatable bonds is 8. The number of sulfonamides is 1. The lowest BCUT2D eigenvalue weighted by molar-refractivity contribution is 0.284. The fraction of sp³-hybridized carbons (Fsp3) is 0.250. The van der Waals surface area contributed by atoms with Crippen molar-refractivity contribution in [2.75, 3.05) is 7.11 Å². The molecule has 146 valence electrons. The first-order chi connectivity index (χ1) is 13.4. The molecule has 1 aliphatic carbocycles. The molecule has 0 radical (unpaired) electrons. The van der Waals surface area contributed by atoms with Crippen molar-refractivity contribution in [3.63, 3.8) is 0 Å². The summed E-state index contributed by atoms with van der Waals surface area (Å²) >= 11 is 0. The van der Waals surface area contributed by atoms with Crippen LogP contribution < -0.4 is 14.2 Å². The van der Waals surface area contributed by atoms with Crippen LogP contribution >= 0.6 is 0 Å². The Morgan fingerprint density at radius 2 is 1.96 bits per heavy atom. The maximum Gasteiger partial charge on any atom is 0.250 e. The van der Waals surface area contributed by atoms with Gasteiger partial charge in [0.1, 0.15) is 18.5 Å². The zero-order valence-electron chi connectivity index (χ0n) is 15.2. The van der Waals surface area contributed by atoms with Crippen molar-refractivity contribution < 1.29 is 22.3 Å². The SMILES string of the molecule is COc1cc(C=C(C#N)S(=O)(=O)NC2CC2)ccc1OCc1ccc(F)cc1. The second-order valence-corrected chi connectivity index (χ2v) is 8.02. The largest absolute Gasteiger partial charge is 0.493 e. The summed E-state index contributed by atoms with van der Waals surface area (Å²) in [6.45, 7) is 0.217. The number of nitrogens with one attached hydrogen (secondary N) is 1. The van der Waals surface area contributed by atoms with Crippen LogP contribution in [0.15, 0.2) is 47.4 Å². The van der Waals surface area contributed by atoms with E-state index in [-0.39, 0.29) is 23.4 Å². The van der Waals surface area contributed by atoms with Gasteiger partial charge < -0.3 is 9.47 Å². The van der Waals surface area contributed by atoms with Crippen molar-refractivity contribution in [3.05, 3.63) is 64.3 Å². The molecule has 1 aliphatic rings. The van der Waals surface area contributed by atoms with Crippen molar-refractivity contribution in [3.8, 4) is 17.6 Å². The van der Waals surface area contributed by atoms with E-state index < -0.39 is 10.0 Å². The summed E-state index contributed by atoms with van der Waals surface area (Å²) in [6.07, 6.45) is 2.86. The number of nitriles is 1. The molecule has 0 bridgehead atoms. The Bertz CT molecular complexity index is 1020. The first-order valence-electron chi connectivity index (χ1n) is 8.60. The Hall–Kier alpha value is -2.89. The van der Waals surface area contributed by atoms with Crippen molar-refractivity contribution in [1.82, 2.24) is 4.72 Å². The molecule has 2 aromatic carbocycles. The van der Waals surface area contributed by atoms with Gasteiger partial charge in [-0.25, -0.2) is 17.5 Å². The molecule has 3 rings (SSSR count). The van der Waals surface area contributed by atoms with Gasteiger partial charge >= 0.3 is 0 Å². The van der Waals surface area contributed by atoms with Crippen molar-refractivity contribution in [1.29, 1.82) is 5.26 Å². The van der Waals surface area contributed by atoms with Gasteiger partial charge in [-0.15, -0.1) is 0 Å². The van der Waals surface area contributed by atoms with Crippen molar-refractivity contribution in [2.24, 2.45) is 0 Å². The highest BCUT2D eigenvalue weighted by molar-refractivity contribution is 7.93. The molecule has 1 N–H and O–H groups in total. The van der Waals surface area contributed by atoms with Gasteiger partial charge in [0.25, 0.3) is 10.0 Å². The van der Waals surface area contributed by atoms with E-state index in [1.54, 1.807) is 36.4 Å². The number of nitrogens with zero attached hydrogens (tertiary/aromatic N) is 1. The molecule has 0 heterocycles. The van der Waals surface area contributed by atoms with E-state index in [4.69, 9.17) is 9.47 Å². The normalized spacial score (nSPS) is 14.4. The Morgan fingerprint density at radius 3 is 2.57 bits per heavy atom. The number of benzene rings is 2. The van der Waals surface area contributed by atoms with E-state index in [1.807, 2.05) is 0 Å². The first-order valence-corrected chi connectivity index (χ1v) is 10.1. The zero-order chi connectivity index (χ0) is 20.1. The number of ether oxygens (including phenoxy) is 2. The van der Waals surface area contributed by atoms with E-state index in [1.165, 1.54) is 25.3 Å². The molecule has 1 saturated carbocycles. The van der Waals surface area contributed by atoms with Gasteiger partial charge in [-0.05, 0) is 54.3 Å².